The molecule has 2 amide bonds. The maximum Gasteiger partial charge on any atom is 0.253 e. The smallest absolute Gasteiger partial charge is 0.253 e. The van der Waals surface area contributed by atoms with Gasteiger partial charge in [-0.2, -0.15) is 0 Å². The van der Waals surface area contributed by atoms with E-state index in [4.69, 9.17) is 22.1 Å². The number of piperazine rings is 1. The van der Waals surface area contributed by atoms with Crippen molar-refractivity contribution >= 4 is 35.8 Å². The number of methoxy groups -OCH3 is 1. The minimum absolute atomic E-state index is 0. The highest BCUT2D eigenvalue weighted by Crippen LogP contribution is 2.13. The molecule has 1 aromatic rings. The van der Waals surface area contributed by atoms with E-state index in [0.29, 0.717) is 36.8 Å². The fourth-order valence-electron chi connectivity index (χ4n) is 2.39. The standard InChI is InChI=1S/C15H20ClN3O3.ClH/c1-22-10-13(17)15(21)19-8-6-18(7-9-19)14(20)11-2-4-12(16)5-3-11;/h2-5,13H,6-10,17H2,1H3;1H. The lowest BCUT2D eigenvalue weighted by molar-refractivity contribution is -0.135. The van der Waals surface area contributed by atoms with Crippen LogP contribution in [0.4, 0.5) is 0 Å². The van der Waals surface area contributed by atoms with Gasteiger partial charge in [0.1, 0.15) is 6.04 Å². The van der Waals surface area contributed by atoms with E-state index in [1.54, 1.807) is 34.1 Å². The molecule has 1 aliphatic rings. The summed E-state index contributed by atoms with van der Waals surface area (Å²) in [6.07, 6.45) is 0. The third-order valence-corrected chi connectivity index (χ3v) is 3.89. The SMILES string of the molecule is COCC(N)C(=O)N1CCN(C(=O)c2ccc(Cl)cc2)CC1.Cl. The summed E-state index contributed by atoms with van der Waals surface area (Å²) >= 11 is 5.82. The Morgan fingerprint density at radius 3 is 2.22 bits per heavy atom. The molecule has 0 bridgehead atoms. The highest BCUT2D eigenvalue weighted by atomic mass is 35.5. The van der Waals surface area contributed by atoms with Crippen LogP contribution in [0.5, 0.6) is 0 Å². The van der Waals surface area contributed by atoms with E-state index in [0.717, 1.165) is 0 Å². The average Bonchev–Trinajstić information content (AvgIpc) is 2.54. The first kappa shape index (κ1) is 19.7. The zero-order chi connectivity index (χ0) is 16.1. The number of nitrogens with two attached hydrogens (primary N) is 1. The quantitative estimate of drug-likeness (QED) is 0.868. The van der Waals surface area contributed by atoms with Gasteiger partial charge in [0, 0.05) is 43.9 Å². The Morgan fingerprint density at radius 2 is 1.70 bits per heavy atom. The zero-order valence-corrected chi connectivity index (χ0v) is 14.5. The first-order valence-corrected chi connectivity index (χ1v) is 7.49. The summed E-state index contributed by atoms with van der Waals surface area (Å²) in [6.45, 7) is 2.15. The van der Waals surface area contributed by atoms with E-state index in [9.17, 15) is 9.59 Å². The molecule has 8 heteroatoms. The number of benzene rings is 1. The normalized spacial score (nSPS) is 15.8. The molecule has 1 aromatic carbocycles. The van der Waals surface area contributed by atoms with Gasteiger partial charge in [0.15, 0.2) is 0 Å². The van der Waals surface area contributed by atoms with Crippen LogP contribution >= 0.6 is 24.0 Å². The zero-order valence-electron chi connectivity index (χ0n) is 12.9. The van der Waals surface area contributed by atoms with E-state index >= 15 is 0 Å². The van der Waals surface area contributed by atoms with E-state index in [1.165, 1.54) is 7.11 Å². The predicted octanol–water partition coefficient (Wildman–Crippen LogP) is 1.02. The average molecular weight is 362 g/mol. The number of hydrogen-bond acceptors (Lipinski definition) is 4. The van der Waals surface area contributed by atoms with E-state index in [1.807, 2.05) is 0 Å². The van der Waals surface area contributed by atoms with Gasteiger partial charge in [-0.05, 0) is 24.3 Å². The van der Waals surface area contributed by atoms with Crippen LogP contribution in [-0.4, -0.2) is 67.6 Å². The van der Waals surface area contributed by atoms with Crippen molar-refractivity contribution in [1.29, 1.82) is 0 Å². The van der Waals surface area contributed by atoms with Gasteiger partial charge in [0.05, 0.1) is 6.61 Å². The second-order valence-corrected chi connectivity index (χ2v) is 5.62. The van der Waals surface area contributed by atoms with Crippen molar-refractivity contribution in [1.82, 2.24) is 9.80 Å². The van der Waals surface area contributed by atoms with E-state index < -0.39 is 6.04 Å². The van der Waals surface area contributed by atoms with Crippen LogP contribution in [0.1, 0.15) is 10.4 Å². The van der Waals surface area contributed by atoms with Crippen molar-refractivity contribution in [2.45, 2.75) is 6.04 Å². The Morgan fingerprint density at radius 1 is 1.17 bits per heavy atom. The van der Waals surface area contributed by atoms with Gasteiger partial charge in [0.2, 0.25) is 5.91 Å². The predicted molar refractivity (Wildman–Crippen MR) is 91.0 cm³/mol. The number of nitrogens with zero attached hydrogens (tertiary/aromatic N) is 2. The summed E-state index contributed by atoms with van der Waals surface area (Å²) in [5.74, 6) is -0.189. The molecule has 2 rings (SSSR count). The molecule has 1 unspecified atom stereocenters. The first-order chi connectivity index (χ1) is 10.5. The number of carbonyl (C=O) groups excluding carboxylic acids is 2. The van der Waals surface area contributed by atoms with Crippen molar-refractivity contribution in [2.24, 2.45) is 5.73 Å². The highest BCUT2D eigenvalue weighted by molar-refractivity contribution is 6.30. The van der Waals surface area contributed by atoms with Crippen LogP contribution in [0.25, 0.3) is 0 Å². The number of ether oxygens (including phenoxy) is 1. The highest BCUT2D eigenvalue weighted by Gasteiger charge is 2.27. The third kappa shape index (κ3) is 5.07. The van der Waals surface area contributed by atoms with Crippen LogP contribution in [-0.2, 0) is 9.53 Å². The van der Waals surface area contributed by atoms with Crippen molar-refractivity contribution in [3.8, 4) is 0 Å². The van der Waals surface area contributed by atoms with Gasteiger partial charge in [-0.15, -0.1) is 12.4 Å². The van der Waals surface area contributed by atoms with Gasteiger partial charge in [-0.1, -0.05) is 11.6 Å². The van der Waals surface area contributed by atoms with Gasteiger partial charge in [-0.25, -0.2) is 0 Å². The molecule has 0 saturated carbocycles. The van der Waals surface area contributed by atoms with Crippen LogP contribution in [0.3, 0.4) is 0 Å². The van der Waals surface area contributed by atoms with Crippen LogP contribution in [0.15, 0.2) is 24.3 Å². The summed E-state index contributed by atoms with van der Waals surface area (Å²) in [5.41, 5.74) is 6.35. The molecule has 0 aliphatic carbocycles. The van der Waals surface area contributed by atoms with Gasteiger partial charge in [-0.3, -0.25) is 9.59 Å². The number of halogens is 2. The molecule has 0 radical (unpaired) electrons. The maximum atomic E-state index is 12.4. The van der Waals surface area contributed by atoms with Crippen LogP contribution in [0, 0.1) is 0 Å². The van der Waals surface area contributed by atoms with Gasteiger partial charge in [0.25, 0.3) is 5.91 Å². The maximum absolute atomic E-state index is 12.4. The monoisotopic (exact) mass is 361 g/mol. The van der Waals surface area contributed by atoms with Crippen molar-refractivity contribution < 1.29 is 14.3 Å². The molecule has 1 aliphatic heterocycles. The number of amides is 2. The van der Waals surface area contributed by atoms with Gasteiger partial charge < -0.3 is 20.3 Å². The molecule has 1 fully saturated rings. The largest absolute Gasteiger partial charge is 0.383 e. The summed E-state index contributed by atoms with van der Waals surface area (Å²) in [7, 11) is 1.51. The Balaban J connectivity index is 0.00000264. The molecule has 23 heavy (non-hydrogen) atoms. The summed E-state index contributed by atoms with van der Waals surface area (Å²) in [4.78, 5) is 27.8. The lowest BCUT2D eigenvalue weighted by atomic mass is 10.1. The molecule has 128 valence electrons. The van der Waals surface area contributed by atoms with Crippen molar-refractivity contribution in [3.63, 3.8) is 0 Å². The number of hydrogen-bond donors (Lipinski definition) is 1. The lowest BCUT2D eigenvalue weighted by Gasteiger charge is -2.35. The minimum Gasteiger partial charge on any atom is -0.383 e. The molecule has 1 heterocycles. The van der Waals surface area contributed by atoms with Crippen molar-refractivity contribution in [3.05, 3.63) is 34.9 Å². The van der Waals surface area contributed by atoms with Crippen molar-refractivity contribution in [2.75, 3.05) is 39.9 Å². The molecular formula is C15H21Cl2N3O3. The Labute approximate surface area is 146 Å². The summed E-state index contributed by atoms with van der Waals surface area (Å²) in [5, 5.41) is 0.596. The van der Waals surface area contributed by atoms with Crippen LogP contribution in [0.2, 0.25) is 5.02 Å². The molecular weight excluding hydrogens is 341 g/mol. The lowest BCUT2D eigenvalue weighted by Crippen LogP contribution is -2.55. The molecule has 2 N–H and O–H groups in total. The fraction of sp³-hybridized carbons (Fsp3) is 0.467. The number of carbonyl (C=O) groups is 2. The molecule has 1 atom stereocenters. The Bertz CT molecular complexity index is 531. The summed E-state index contributed by atoms with van der Waals surface area (Å²) < 4.78 is 4.89. The summed E-state index contributed by atoms with van der Waals surface area (Å²) in [6, 6.07) is 6.15. The Kier molecular flexibility index (Phi) is 7.78. The first-order valence-electron chi connectivity index (χ1n) is 7.11. The van der Waals surface area contributed by atoms with E-state index in [2.05, 4.69) is 0 Å². The minimum atomic E-state index is -0.650. The molecule has 0 spiro atoms. The fourth-order valence-corrected chi connectivity index (χ4v) is 2.52. The second-order valence-electron chi connectivity index (χ2n) is 5.19. The third-order valence-electron chi connectivity index (χ3n) is 3.63. The van der Waals surface area contributed by atoms with E-state index in [-0.39, 0.29) is 30.8 Å². The Hall–Kier alpha value is -1.34. The number of rotatable bonds is 4. The second kappa shape index (κ2) is 9.08. The molecule has 6 nitrogen and oxygen atoms in total. The van der Waals surface area contributed by atoms with Gasteiger partial charge >= 0.3 is 0 Å². The molecule has 0 aromatic heterocycles. The molecule has 1 saturated heterocycles. The van der Waals surface area contributed by atoms with Crippen LogP contribution < -0.4 is 5.73 Å². The topological polar surface area (TPSA) is 75.9 Å².